The lowest BCUT2D eigenvalue weighted by Crippen LogP contribution is -2.49. The van der Waals surface area contributed by atoms with Crippen LogP contribution in [0.1, 0.15) is 34.1 Å². The van der Waals surface area contributed by atoms with Crippen LogP contribution in [0.15, 0.2) is 17.2 Å². The zero-order valence-corrected chi connectivity index (χ0v) is 14.5. The number of nitrogens with zero attached hydrogens (tertiary/aromatic N) is 4. The van der Waals surface area contributed by atoms with Crippen LogP contribution in [-0.2, 0) is 6.54 Å². The Morgan fingerprint density at radius 3 is 2.36 bits per heavy atom. The molecule has 0 unspecified atom stereocenters. The fourth-order valence-corrected chi connectivity index (χ4v) is 2.81. The third-order valence-corrected chi connectivity index (χ3v) is 4.15. The molecule has 1 aromatic rings. The van der Waals surface area contributed by atoms with Gasteiger partial charge in [0, 0.05) is 45.1 Å². The molecule has 5 heteroatoms. The van der Waals surface area contributed by atoms with Gasteiger partial charge in [0.25, 0.3) is 5.56 Å². The molecule has 1 fully saturated rings. The third kappa shape index (κ3) is 4.57. The highest BCUT2D eigenvalue weighted by atomic mass is 16.1. The van der Waals surface area contributed by atoms with Crippen molar-refractivity contribution in [3.05, 3.63) is 22.7 Å². The summed E-state index contributed by atoms with van der Waals surface area (Å²) in [6.45, 7) is 14.5. The SMILES string of the molecule is CC(C)CCN1CCN(c2nccn(CC(C)C)c2=O)CC1. The second kappa shape index (κ2) is 7.77. The van der Waals surface area contributed by atoms with Gasteiger partial charge in [0.2, 0.25) is 0 Å². The molecule has 2 rings (SSSR count). The van der Waals surface area contributed by atoms with Crippen molar-refractivity contribution in [3.63, 3.8) is 0 Å². The van der Waals surface area contributed by atoms with E-state index in [1.54, 1.807) is 17.0 Å². The van der Waals surface area contributed by atoms with Crippen molar-refractivity contribution in [2.24, 2.45) is 11.8 Å². The molecule has 0 aliphatic carbocycles. The molecule has 1 aliphatic rings. The van der Waals surface area contributed by atoms with Gasteiger partial charge in [-0.25, -0.2) is 4.98 Å². The summed E-state index contributed by atoms with van der Waals surface area (Å²) >= 11 is 0. The van der Waals surface area contributed by atoms with Crippen molar-refractivity contribution >= 4 is 5.82 Å². The predicted molar refractivity (Wildman–Crippen MR) is 91.4 cm³/mol. The summed E-state index contributed by atoms with van der Waals surface area (Å²) in [6, 6.07) is 0. The number of hydrogen-bond donors (Lipinski definition) is 0. The second-order valence-electron chi connectivity index (χ2n) is 7.11. The molecule has 0 radical (unpaired) electrons. The highest BCUT2D eigenvalue weighted by molar-refractivity contribution is 5.36. The van der Waals surface area contributed by atoms with Gasteiger partial charge in [0.1, 0.15) is 0 Å². The Morgan fingerprint density at radius 1 is 1.09 bits per heavy atom. The van der Waals surface area contributed by atoms with Crippen LogP contribution >= 0.6 is 0 Å². The summed E-state index contributed by atoms with van der Waals surface area (Å²) in [5, 5.41) is 0. The fourth-order valence-electron chi connectivity index (χ4n) is 2.81. The van der Waals surface area contributed by atoms with E-state index < -0.39 is 0 Å². The zero-order valence-electron chi connectivity index (χ0n) is 14.5. The van der Waals surface area contributed by atoms with E-state index in [4.69, 9.17) is 0 Å². The van der Waals surface area contributed by atoms with Gasteiger partial charge < -0.3 is 9.47 Å². The maximum Gasteiger partial charge on any atom is 0.293 e. The number of rotatable bonds is 6. The first kappa shape index (κ1) is 17.0. The Labute approximate surface area is 134 Å². The lowest BCUT2D eigenvalue weighted by molar-refractivity contribution is 0.243. The molecule has 124 valence electrons. The van der Waals surface area contributed by atoms with E-state index in [9.17, 15) is 4.79 Å². The summed E-state index contributed by atoms with van der Waals surface area (Å²) < 4.78 is 1.79. The molecule has 0 bridgehead atoms. The highest BCUT2D eigenvalue weighted by Gasteiger charge is 2.20. The molecule has 1 aliphatic heterocycles. The molecule has 22 heavy (non-hydrogen) atoms. The summed E-state index contributed by atoms with van der Waals surface area (Å²) in [5.41, 5.74) is 0.0480. The minimum Gasteiger partial charge on any atom is -0.349 e. The van der Waals surface area contributed by atoms with E-state index in [2.05, 4.69) is 42.5 Å². The quantitative estimate of drug-likeness (QED) is 0.807. The van der Waals surface area contributed by atoms with E-state index in [-0.39, 0.29) is 5.56 Å². The lowest BCUT2D eigenvalue weighted by atomic mass is 10.1. The van der Waals surface area contributed by atoms with Gasteiger partial charge in [0.05, 0.1) is 0 Å². The number of piperazine rings is 1. The van der Waals surface area contributed by atoms with E-state index in [0.29, 0.717) is 11.7 Å². The molecule has 0 saturated carbocycles. The van der Waals surface area contributed by atoms with E-state index >= 15 is 0 Å². The monoisotopic (exact) mass is 306 g/mol. The summed E-state index contributed by atoms with van der Waals surface area (Å²) in [7, 11) is 0. The van der Waals surface area contributed by atoms with Crippen LogP contribution in [0.5, 0.6) is 0 Å². The molecular weight excluding hydrogens is 276 g/mol. The van der Waals surface area contributed by atoms with E-state index in [0.717, 1.165) is 45.2 Å². The normalized spacial score (nSPS) is 16.7. The Morgan fingerprint density at radius 2 is 1.77 bits per heavy atom. The van der Waals surface area contributed by atoms with Gasteiger partial charge in [-0.15, -0.1) is 0 Å². The molecule has 1 aromatic heterocycles. The van der Waals surface area contributed by atoms with Gasteiger partial charge >= 0.3 is 0 Å². The minimum absolute atomic E-state index is 0.0480. The fraction of sp³-hybridized carbons (Fsp3) is 0.765. The van der Waals surface area contributed by atoms with Crippen LogP contribution in [0.4, 0.5) is 5.82 Å². The van der Waals surface area contributed by atoms with Crippen molar-refractivity contribution < 1.29 is 0 Å². The summed E-state index contributed by atoms with van der Waals surface area (Å²) in [6.07, 6.45) is 4.79. The number of hydrogen-bond acceptors (Lipinski definition) is 4. The van der Waals surface area contributed by atoms with Crippen molar-refractivity contribution in [1.82, 2.24) is 14.5 Å². The van der Waals surface area contributed by atoms with Gasteiger partial charge in [-0.3, -0.25) is 9.69 Å². The average Bonchev–Trinajstić information content (AvgIpc) is 2.47. The van der Waals surface area contributed by atoms with Crippen LogP contribution in [-0.4, -0.2) is 47.2 Å². The second-order valence-corrected chi connectivity index (χ2v) is 7.11. The van der Waals surface area contributed by atoms with Crippen molar-refractivity contribution in [2.45, 2.75) is 40.7 Å². The Kier molecular flexibility index (Phi) is 6.00. The van der Waals surface area contributed by atoms with E-state index in [1.165, 1.54) is 6.42 Å². The molecule has 0 aromatic carbocycles. The van der Waals surface area contributed by atoms with Crippen molar-refractivity contribution in [2.75, 3.05) is 37.6 Å². The molecule has 0 spiro atoms. The maximum absolute atomic E-state index is 12.5. The number of anilines is 1. The first-order chi connectivity index (χ1) is 10.5. The minimum atomic E-state index is 0.0480. The molecule has 5 nitrogen and oxygen atoms in total. The molecular formula is C17H30N4O. The van der Waals surface area contributed by atoms with Crippen LogP contribution in [0.25, 0.3) is 0 Å². The summed E-state index contributed by atoms with van der Waals surface area (Å²) in [4.78, 5) is 21.5. The van der Waals surface area contributed by atoms with Gasteiger partial charge in [-0.05, 0) is 24.8 Å². The van der Waals surface area contributed by atoms with Gasteiger partial charge in [-0.1, -0.05) is 27.7 Å². The van der Waals surface area contributed by atoms with Gasteiger partial charge in [-0.2, -0.15) is 0 Å². The first-order valence-corrected chi connectivity index (χ1v) is 8.50. The first-order valence-electron chi connectivity index (χ1n) is 8.50. The molecule has 1 saturated heterocycles. The highest BCUT2D eigenvalue weighted by Crippen LogP contribution is 2.11. The number of aromatic nitrogens is 2. The predicted octanol–water partition coefficient (Wildman–Crippen LogP) is 2.07. The average molecular weight is 306 g/mol. The van der Waals surface area contributed by atoms with Gasteiger partial charge in [0.15, 0.2) is 5.82 Å². The molecule has 0 amide bonds. The molecule has 0 N–H and O–H groups in total. The van der Waals surface area contributed by atoms with Crippen LogP contribution in [0.3, 0.4) is 0 Å². The maximum atomic E-state index is 12.5. The smallest absolute Gasteiger partial charge is 0.293 e. The Hall–Kier alpha value is -1.36. The molecule has 0 atom stereocenters. The topological polar surface area (TPSA) is 41.4 Å². The Bertz CT molecular complexity index is 516. The van der Waals surface area contributed by atoms with E-state index in [1.807, 2.05) is 0 Å². The largest absolute Gasteiger partial charge is 0.349 e. The van der Waals surface area contributed by atoms with Crippen molar-refractivity contribution in [3.8, 4) is 0 Å². The van der Waals surface area contributed by atoms with Crippen molar-refractivity contribution in [1.29, 1.82) is 0 Å². The van der Waals surface area contributed by atoms with Crippen LogP contribution in [0.2, 0.25) is 0 Å². The molecule has 2 heterocycles. The van der Waals surface area contributed by atoms with Crippen LogP contribution in [0, 0.1) is 11.8 Å². The lowest BCUT2D eigenvalue weighted by Gasteiger charge is -2.35. The summed E-state index contributed by atoms with van der Waals surface area (Å²) in [5.74, 6) is 1.82. The Balaban J connectivity index is 1.98. The van der Waals surface area contributed by atoms with Crippen LogP contribution < -0.4 is 10.5 Å². The standard InChI is InChI=1S/C17H30N4O/c1-14(2)5-7-19-9-11-20(12-10-19)16-17(22)21(8-6-18-16)13-15(3)4/h6,8,14-15H,5,7,9-13H2,1-4H3. The zero-order chi connectivity index (χ0) is 16.1. The third-order valence-electron chi connectivity index (χ3n) is 4.15.